The minimum atomic E-state index is -0.283. The summed E-state index contributed by atoms with van der Waals surface area (Å²) in [4.78, 5) is 31.2. The first-order chi connectivity index (χ1) is 28.4. The largest absolute Gasteiger partial charge is 0.384 e. The third-order valence-electron chi connectivity index (χ3n) is 10.4. The smallest absolute Gasteiger partial charge is 0.296 e. The molecule has 0 unspecified atom stereocenters. The molecule has 7 aromatic rings. The van der Waals surface area contributed by atoms with Crippen molar-refractivity contribution in [1.29, 1.82) is 0 Å². The van der Waals surface area contributed by atoms with Crippen LogP contribution in [0.25, 0.3) is 43.3 Å². The summed E-state index contributed by atoms with van der Waals surface area (Å²) in [7, 11) is 0. The Hall–Kier alpha value is -5.93. The van der Waals surface area contributed by atoms with E-state index in [4.69, 9.17) is 5.73 Å². The minimum absolute atomic E-state index is 0.130. The molecule has 0 saturated heterocycles. The fraction of sp³-hybridized carbons (Fsp3) is 0.298. The third kappa shape index (κ3) is 9.77. The average Bonchev–Trinajstić information content (AvgIpc) is 3.98. The normalized spacial score (nSPS) is 11.2. The molecular weight excluding hydrogens is 741 g/mol. The molecule has 0 spiro atoms. The number of nitrogens with zero attached hydrogens (tertiary/aromatic N) is 3. The number of carbonyl (C=O) groups is 2. The van der Waals surface area contributed by atoms with Crippen molar-refractivity contribution < 1.29 is 9.59 Å². The monoisotopic (exact) mass is 792 g/mol. The lowest BCUT2D eigenvalue weighted by atomic mass is 10.1. The molecule has 6 N–H and O–H groups in total. The third-order valence-corrected chi connectivity index (χ3v) is 11.4. The van der Waals surface area contributed by atoms with Gasteiger partial charge in [-0.3, -0.25) is 9.59 Å². The molecule has 0 radical (unpaired) electrons. The Morgan fingerprint density at radius 3 is 2.52 bits per heavy atom. The molecule has 0 atom stereocenters. The minimum Gasteiger partial charge on any atom is -0.384 e. The summed E-state index contributed by atoms with van der Waals surface area (Å²) in [5.41, 5.74) is 15.1. The second kappa shape index (κ2) is 19.5. The van der Waals surface area contributed by atoms with Gasteiger partial charge in [-0.25, -0.2) is 4.98 Å². The van der Waals surface area contributed by atoms with Crippen LogP contribution in [0.4, 0.5) is 5.69 Å². The van der Waals surface area contributed by atoms with Gasteiger partial charge in [0.25, 0.3) is 11.8 Å². The molecule has 2 amide bonds. The SMILES string of the molecule is CCCNCCNc1ccc(CCNC(=O)c2cnc3c(ccn3CCCCNC(=O)C#Cc3csc(-c4ccc5c6cc(CN)ccc6n(CC)c5c4)c3)c2)cc1. The number of nitrogens with two attached hydrogens (primary N) is 1. The van der Waals surface area contributed by atoms with Crippen LogP contribution in [0.5, 0.6) is 0 Å². The number of amides is 2. The quantitative estimate of drug-likeness (QED) is 0.0448. The second-order valence-electron chi connectivity index (χ2n) is 14.5. The van der Waals surface area contributed by atoms with Crippen molar-refractivity contribution in [3.63, 3.8) is 0 Å². The molecule has 0 aliphatic rings. The van der Waals surface area contributed by atoms with E-state index in [-0.39, 0.29) is 11.8 Å². The zero-order valence-corrected chi connectivity index (χ0v) is 34.2. The maximum absolute atomic E-state index is 12.9. The van der Waals surface area contributed by atoms with Crippen LogP contribution in [0, 0.1) is 11.8 Å². The highest BCUT2D eigenvalue weighted by Gasteiger charge is 2.13. The predicted molar refractivity (Wildman–Crippen MR) is 239 cm³/mol. The van der Waals surface area contributed by atoms with Gasteiger partial charge < -0.3 is 36.1 Å². The molecule has 0 saturated carbocycles. The van der Waals surface area contributed by atoms with Crippen molar-refractivity contribution >= 4 is 61.7 Å². The van der Waals surface area contributed by atoms with Crippen LogP contribution in [-0.2, 0) is 30.8 Å². The number of thiophene rings is 1. The highest BCUT2D eigenvalue weighted by Crippen LogP contribution is 2.35. The summed E-state index contributed by atoms with van der Waals surface area (Å²) < 4.78 is 4.43. The summed E-state index contributed by atoms with van der Waals surface area (Å²) in [6, 6.07) is 27.4. The van der Waals surface area contributed by atoms with Crippen molar-refractivity contribution in [3.05, 3.63) is 119 Å². The number of rotatable bonds is 18. The van der Waals surface area contributed by atoms with Gasteiger partial charge in [0, 0.05) is 113 Å². The van der Waals surface area contributed by atoms with Crippen LogP contribution in [0.1, 0.15) is 60.2 Å². The fourth-order valence-corrected chi connectivity index (χ4v) is 8.13. The average molecular weight is 793 g/mol. The van der Waals surface area contributed by atoms with Gasteiger partial charge in [-0.15, -0.1) is 11.3 Å². The second-order valence-corrected chi connectivity index (χ2v) is 15.4. The van der Waals surface area contributed by atoms with E-state index < -0.39 is 0 Å². The van der Waals surface area contributed by atoms with E-state index in [0.29, 0.717) is 25.2 Å². The number of unbranched alkanes of at least 4 members (excludes halogenated alkanes) is 1. The van der Waals surface area contributed by atoms with Gasteiger partial charge in [-0.05, 0) is 104 Å². The molecule has 58 heavy (non-hydrogen) atoms. The lowest BCUT2D eigenvalue weighted by Crippen LogP contribution is -2.25. The van der Waals surface area contributed by atoms with Gasteiger partial charge in [0.15, 0.2) is 0 Å². The number of hydrogen-bond donors (Lipinski definition) is 5. The summed E-state index contributed by atoms with van der Waals surface area (Å²) in [6.45, 7) is 10.4. The molecule has 3 aromatic carbocycles. The topological polar surface area (TPSA) is 131 Å². The Balaban J connectivity index is 0.835. The van der Waals surface area contributed by atoms with Crippen molar-refractivity contribution in [2.45, 2.75) is 59.2 Å². The number of fused-ring (bicyclic) bond motifs is 4. The van der Waals surface area contributed by atoms with E-state index in [2.05, 4.69) is 128 Å². The Morgan fingerprint density at radius 2 is 1.69 bits per heavy atom. The molecule has 298 valence electrons. The first kappa shape index (κ1) is 40.3. The molecule has 4 aromatic heterocycles. The zero-order valence-electron chi connectivity index (χ0n) is 33.4. The summed E-state index contributed by atoms with van der Waals surface area (Å²) >= 11 is 1.63. The van der Waals surface area contributed by atoms with Crippen LogP contribution in [0.15, 0.2) is 96.6 Å². The zero-order chi connectivity index (χ0) is 40.3. The van der Waals surface area contributed by atoms with Gasteiger partial charge in [-0.1, -0.05) is 43.2 Å². The number of nitrogens with one attached hydrogen (secondary N) is 4. The van der Waals surface area contributed by atoms with Crippen LogP contribution in [0.2, 0.25) is 0 Å². The number of anilines is 1. The number of carbonyl (C=O) groups excluding carboxylic acids is 2. The molecular formula is C47H52N8O2S. The fourth-order valence-electron chi connectivity index (χ4n) is 7.29. The summed E-state index contributed by atoms with van der Waals surface area (Å²) in [5, 5.41) is 18.1. The molecule has 0 fully saturated rings. The van der Waals surface area contributed by atoms with Crippen molar-refractivity contribution in [1.82, 2.24) is 30.1 Å². The highest BCUT2D eigenvalue weighted by atomic mass is 32.1. The van der Waals surface area contributed by atoms with Gasteiger partial charge in [0.1, 0.15) is 5.65 Å². The highest BCUT2D eigenvalue weighted by molar-refractivity contribution is 7.13. The Morgan fingerprint density at radius 1 is 0.828 bits per heavy atom. The van der Waals surface area contributed by atoms with Crippen LogP contribution >= 0.6 is 11.3 Å². The first-order valence-corrected chi connectivity index (χ1v) is 21.2. The number of aromatic nitrogens is 3. The number of pyridine rings is 1. The van der Waals surface area contributed by atoms with Crippen molar-refractivity contribution in [2.75, 3.05) is 38.0 Å². The van der Waals surface area contributed by atoms with Crippen molar-refractivity contribution in [2.24, 2.45) is 5.73 Å². The number of hydrogen-bond acceptors (Lipinski definition) is 7. The van der Waals surface area contributed by atoms with Crippen LogP contribution in [0.3, 0.4) is 0 Å². The van der Waals surface area contributed by atoms with Crippen LogP contribution in [-0.4, -0.2) is 58.7 Å². The number of aryl methyl sites for hydroxylation is 2. The van der Waals surface area contributed by atoms with E-state index in [1.165, 1.54) is 27.4 Å². The van der Waals surface area contributed by atoms with E-state index >= 15 is 0 Å². The van der Waals surface area contributed by atoms with E-state index in [1.54, 1.807) is 17.5 Å². The molecule has 10 nitrogen and oxygen atoms in total. The molecule has 0 aliphatic carbocycles. The summed E-state index contributed by atoms with van der Waals surface area (Å²) in [6.07, 6.45) is 7.19. The lowest BCUT2D eigenvalue weighted by Gasteiger charge is -2.09. The maximum Gasteiger partial charge on any atom is 0.296 e. The predicted octanol–water partition coefficient (Wildman–Crippen LogP) is 7.68. The molecule has 7 rings (SSSR count). The van der Waals surface area contributed by atoms with Crippen LogP contribution < -0.4 is 27.0 Å². The molecule has 11 heteroatoms. The molecule has 4 heterocycles. The van der Waals surface area contributed by atoms with Gasteiger partial charge in [0.05, 0.1) is 5.56 Å². The van der Waals surface area contributed by atoms with E-state index in [9.17, 15) is 9.59 Å². The van der Waals surface area contributed by atoms with Gasteiger partial charge in [0.2, 0.25) is 0 Å². The van der Waals surface area contributed by atoms with Crippen molar-refractivity contribution in [3.8, 4) is 22.3 Å². The molecule has 0 bridgehead atoms. The van der Waals surface area contributed by atoms with E-state index in [0.717, 1.165) is 96.7 Å². The maximum atomic E-state index is 12.9. The summed E-state index contributed by atoms with van der Waals surface area (Å²) in [5.74, 6) is 5.39. The van der Waals surface area contributed by atoms with E-state index in [1.807, 2.05) is 23.7 Å². The number of benzene rings is 3. The lowest BCUT2D eigenvalue weighted by molar-refractivity contribution is -0.115. The van der Waals surface area contributed by atoms with Gasteiger partial charge in [-0.2, -0.15) is 0 Å². The molecule has 0 aliphatic heterocycles. The van der Waals surface area contributed by atoms with Gasteiger partial charge >= 0.3 is 0 Å². The first-order valence-electron chi connectivity index (χ1n) is 20.3. The Labute approximate surface area is 344 Å². The Bertz CT molecular complexity index is 2570. The Kier molecular flexibility index (Phi) is 13.5. The standard InChI is InChI=1S/C47H52N8O2S/c1-3-19-49-22-23-50-39-12-7-33(8-13-39)17-21-52-47(57)38-28-37-18-25-54(46(37)53-31-38)24-6-5-20-51-45(56)16-10-35-27-44(58-32-35)36-11-14-40-41-26-34(30-48)9-15-42(41)55(4-2)43(40)29-36/h7-9,11-15,18,25-29,31-32,49-50H,3-6,17,19-24,30,48H2,1-2H3,(H,51,56)(H,52,57).